The number of hydrogen-bond donors (Lipinski definition) is 1. The van der Waals surface area contributed by atoms with Crippen LogP contribution in [0.1, 0.15) is 32.8 Å². The van der Waals surface area contributed by atoms with Crippen molar-refractivity contribution in [1.29, 1.82) is 0 Å². The molecule has 1 amide bonds. The topological polar surface area (TPSA) is 69.4 Å². The van der Waals surface area contributed by atoms with E-state index >= 15 is 0 Å². The Hall–Kier alpha value is -2.07. The van der Waals surface area contributed by atoms with Crippen LogP contribution in [0, 0.1) is 0 Å². The van der Waals surface area contributed by atoms with E-state index in [0.717, 1.165) is 16.3 Å². The van der Waals surface area contributed by atoms with Crippen molar-refractivity contribution in [3.8, 4) is 0 Å². The largest absolute Gasteiger partial charge is 0.463 e. The maximum absolute atomic E-state index is 10.8. The molecule has 0 heterocycles. The SMILES string of the molecule is CCC(=O)OC(C)C.Cl.NC(=O)Cc1cccc2ccccc12. The van der Waals surface area contributed by atoms with Gasteiger partial charge in [0.25, 0.3) is 0 Å². The number of ether oxygens (including phenoxy) is 1. The maximum atomic E-state index is 10.8. The first-order chi connectivity index (χ1) is 10.4. The average Bonchev–Trinajstić information content (AvgIpc) is 2.47. The summed E-state index contributed by atoms with van der Waals surface area (Å²) in [6.07, 6.45) is 0.807. The van der Waals surface area contributed by atoms with Gasteiger partial charge in [-0.1, -0.05) is 49.4 Å². The Bertz CT molecular complexity index is 636. The lowest BCUT2D eigenvalue weighted by atomic mass is 10.0. The molecule has 0 spiro atoms. The Morgan fingerprint density at radius 1 is 1.09 bits per heavy atom. The zero-order valence-corrected chi connectivity index (χ0v) is 14.6. The minimum Gasteiger partial charge on any atom is -0.463 e. The first kappa shape index (κ1) is 20.9. The smallest absolute Gasteiger partial charge is 0.305 e. The number of hydrogen-bond acceptors (Lipinski definition) is 3. The monoisotopic (exact) mass is 337 g/mol. The fourth-order valence-electron chi connectivity index (χ4n) is 1.98. The number of carbonyl (C=O) groups is 2. The van der Waals surface area contributed by atoms with Crippen LogP contribution in [0.15, 0.2) is 42.5 Å². The Kier molecular flexibility index (Phi) is 9.67. The number of amides is 1. The molecule has 2 N–H and O–H groups in total. The second-order valence-corrected chi connectivity index (χ2v) is 5.17. The average molecular weight is 338 g/mol. The van der Waals surface area contributed by atoms with Gasteiger partial charge in [0.15, 0.2) is 0 Å². The Labute approximate surface area is 143 Å². The lowest BCUT2D eigenvalue weighted by Crippen LogP contribution is -2.13. The van der Waals surface area contributed by atoms with Gasteiger partial charge in [-0.15, -0.1) is 12.4 Å². The number of benzene rings is 2. The minimum atomic E-state index is -0.290. The van der Waals surface area contributed by atoms with E-state index in [-0.39, 0.29) is 30.4 Å². The molecule has 0 saturated heterocycles. The van der Waals surface area contributed by atoms with Crippen molar-refractivity contribution in [2.45, 2.75) is 39.7 Å². The van der Waals surface area contributed by atoms with Crippen molar-refractivity contribution < 1.29 is 14.3 Å². The lowest BCUT2D eigenvalue weighted by molar-refractivity contribution is -0.146. The van der Waals surface area contributed by atoms with Crippen LogP contribution < -0.4 is 5.73 Å². The highest BCUT2D eigenvalue weighted by molar-refractivity contribution is 5.89. The molecule has 0 atom stereocenters. The van der Waals surface area contributed by atoms with Gasteiger partial charge in [-0.2, -0.15) is 0 Å². The van der Waals surface area contributed by atoms with Gasteiger partial charge >= 0.3 is 5.97 Å². The summed E-state index contributed by atoms with van der Waals surface area (Å²) in [5, 5.41) is 2.25. The van der Waals surface area contributed by atoms with Crippen LogP contribution in [0.4, 0.5) is 0 Å². The van der Waals surface area contributed by atoms with Gasteiger partial charge in [0.05, 0.1) is 12.5 Å². The lowest BCUT2D eigenvalue weighted by Gasteiger charge is -2.04. The third kappa shape index (κ3) is 7.66. The number of rotatable bonds is 4. The summed E-state index contributed by atoms with van der Waals surface area (Å²) in [6.45, 7) is 5.46. The number of halogens is 1. The first-order valence-corrected chi connectivity index (χ1v) is 7.38. The molecule has 0 saturated carbocycles. The van der Waals surface area contributed by atoms with Crippen LogP contribution in [-0.2, 0) is 20.7 Å². The molecule has 0 aliphatic carbocycles. The normalized spacial score (nSPS) is 9.57. The van der Waals surface area contributed by atoms with Crippen molar-refractivity contribution >= 4 is 35.1 Å². The van der Waals surface area contributed by atoms with E-state index in [1.165, 1.54) is 0 Å². The maximum Gasteiger partial charge on any atom is 0.305 e. The van der Waals surface area contributed by atoms with Crippen LogP contribution in [0.5, 0.6) is 0 Å². The molecule has 0 aliphatic heterocycles. The second-order valence-electron chi connectivity index (χ2n) is 5.17. The van der Waals surface area contributed by atoms with Crippen LogP contribution in [0.3, 0.4) is 0 Å². The van der Waals surface area contributed by atoms with E-state index in [9.17, 15) is 9.59 Å². The molecule has 0 bridgehead atoms. The van der Waals surface area contributed by atoms with E-state index in [1.807, 2.05) is 56.3 Å². The van der Waals surface area contributed by atoms with Gasteiger partial charge in [0.2, 0.25) is 5.91 Å². The number of carbonyl (C=O) groups excluding carboxylic acids is 2. The first-order valence-electron chi connectivity index (χ1n) is 7.38. The Morgan fingerprint density at radius 2 is 1.70 bits per heavy atom. The number of primary amides is 1. The van der Waals surface area contributed by atoms with E-state index in [4.69, 9.17) is 10.5 Å². The van der Waals surface area contributed by atoms with Gasteiger partial charge in [-0.3, -0.25) is 9.59 Å². The molecule has 2 rings (SSSR count). The second kappa shape index (κ2) is 10.6. The predicted octanol–water partition coefficient (Wildman–Crippen LogP) is 3.64. The zero-order chi connectivity index (χ0) is 16.5. The van der Waals surface area contributed by atoms with Crippen LogP contribution in [0.2, 0.25) is 0 Å². The van der Waals surface area contributed by atoms with Gasteiger partial charge in [-0.25, -0.2) is 0 Å². The quantitative estimate of drug-likeness (QED) is 0.866. The molecule has 4 nitrogen and oxygen atoms in total. The van der Waals surface area contributed by atoms with Crippen molar-refractivity contribution in [2.24, 2.45) is 5.73 Å². The minimum absolute atomic E-state index is 0. The summed E-state index contributed by atoms with van der Waals surface area (Å²) in [4.78, 5) is 21.2. The number of esters is 1. The van der Waals surface area contributed by atoms with Crippen molar-refractivity contribution in [3.63, 3.8) is 0 Å². The summed E-state index contributed by atoms with van der Waals surface area (Å²) in [6, 6.07) is 13.9. The molecule has 0 radical (unpaired) electrons. The highest BCUT2D eigenvalue weighted by Crippen LogP contribution is 2.18. The number of fused-ring (bicyclic) bond motifs is 1. The van der Waals surface area contributed by atoms with Crippen LogP contribution in [-0.4, -0.2) is 18.0 Å². The van der Waals surface area contributed by atoms with E-state index in [1.54, 1.807) is 6.92 Å². The highest BCUT2D eigenvalue weighted by Gasteiger charge is 2.02. The van der Waals surface area contributed by atoms with Crippen LogP contribution in [0.25, 0.3) is 10.8 Å². The zero-order valence-electron chi connectivity index (χ0n) is 13.7. The molecular weight excluding hydrogens is 314 g/mol. The fraction of sp³-hybridized carbons (Fsp3) is 0.333. The van der Waals surface area contributed by atoms with Gasteiger partial charge < -0.3 is 10.5 Å². The molecule has 5 heteroatoms. The predicted molar refractivity (Wildman–Crippen MR) is 95.6 cm³/mol. The van der Waals surface area contributed by atoms with Gasteiger partial charge in [0, 0.05) is 6.42 Å². The number of nitrogens with two attached hydrogens (primary N) is 1. The third-order valence-electron chi connectivity index (χ3n) is 2.90. The Balaban J connectivity index is 0.000000469. The molecule has 2 aromatic rings. The van der Waals surface area contributed by atoms with E-state index in [2.05, 4.69) is 0 Å². The molecule has 0 aromatic heterocycles. The standard InChI is InChI=1S/C12H11NO.C6H12O2.ClH/c13-12(14)8-10-6-3-5-9-4-1-2-7-11(9)10;1-4-6(7)8-5(2)3;/h1-7H,8H2,(H2,13,14);5H,4H2,1-3H3;1H. The van der Waals surface area contributed by atoms with Crippen molar-refractivity contribution in [1.82, 2.24) is 0 Å². The molecular formula is C18H24ClNO3. The van der Waals surface area contributed by atoms with Crippen molar-refractivity contribution in [2.75, 3.05) is 0 Å². The third-order valence-corrected chi connectivity index (χ3v) is 2.90. The van der Waals surface area contributed by atoms with E-state index in [0.29, 0.717) is 12.8 Å². The molecule has 23 heavy (non-hydrogen) atoms. The van der Waals surface area contributed by atoms with Crippen LogP contribution >= 0.6 is 12.4 Å². The summed E-state index contributed by atoms with van der Waals surface area (Å²) in [5.74, 6) is -0.415. The van der Waals surface area contributed by atoms with Gasteiger partial charge in [-0.05, 0) is 30.2 Å². The fourth-order valence-corrected chi connectivity index (χ4v) is 1.98. The Morgan fingerprint density at radius 3 is 2.22 bits per heavy atom. The van der Waals surface area contributed by atoms with Crippen molar-refractivity contribution in [3.05, 3.63) is 48.0 Å². The molecule has 0 aliphatic rings. The summed E-state index contributed by atoms with van der Waals surface area (Å²) < 4.78 is 4.76. The van der Waals surface area contributed by atoms with Gasteiger partial charge in [0.1, 0.15) is 0 Å². The molecule has 0 fully saturated rings. The van der Waals surface area contributed by atoms with E-state index < -0.39 is 0 Å². The summed E-state index contributed by atoms with van der Waals surface area (Å²) in [7, 11) is 0. The molecule has 0 unspecified atom stereocenters. The molecule has 2 aromatic carbocycles. The summed E-state index contributed by atoms with van der Waals surface area (Å²) in [5.41, 5.74) is 6.17. The molecule has 126 valence electrons. The summed E-state index contributed by atoms with van der Waals surface area (Å²) >= 11 is 0. The highest BCUT2D eigenvalue weighted by atomic mass is 35.5.